The van der Waals surface area contributed by atoms with Gasteiger partial charge in [-0.2, -0.15) is 0 Å². The summed E-state index contributed by atoms with van der Waals surface area (Å²) in [5, 5.41) is 0. The summed E-state index contributed by atoms with van der Waals surface area (Å²) in [6.45, 7) is 21.1. The summed E-state index contributed by atoms with van der Waals surface area (Å²) in [6, 6.07) is 0. The summed E-state index contributed by atoms with van der Waals surface area (Å²) >= 11 is 0. The van der Waals surface area contributed by atoms with Gasteiger partial charge in [-0.15, -0.1) is 0 Å². The molecular weight excluding hydrogens is 284 g/mol. The summed E-state index contributed by atoms with van der Waals surface area (Å²) < 4.78 is 6.28. The van der Waals surface area contributed by atoms with E-state index in [-0.39, 0.29) is 21.7 Å². The molecule has 3 heteroatoms. The maximum absolute atomic E-state index is 6.28. The topological polar surface area (TPSA) is 61.3 Å². The molecule has 0 saturated heterocycles. The van der Waals surface area contributed by atoms with Crippen LogP contribution in [-0.4, -0.2) is 26.3 Å². The Bertz CT molecular complexity index is 280. The fourth-order valence-electron chi connectivity index (χ4n) is 4.41. The highest BCUT2D eigenvalue weighted by Crippen LogP contribution is 2.46. The molecule has 0 aliphatic carbocycles. The first-order chi connectivity index (χ1) is 10.6. The minimum Gasteiger partial charge on any atom is -0.380 e. The molecule has 4 N–H and O–H groups in total. The van der Waals surface area contributed by atoms with Crippen LogP contribution in [0.25, 0.3) is 0 Å². The molecule has 0 aromatic heterocycles. The molecule has 0 aromatic carbocycles. The van der Waals surface area contributed by atoms with Crippen LogP contribution in [0.3, 0.4) is 0 Å². The minimum absolute atomic E-state index is 0.0745. The third kappa shape index (κ3) is 4.49. The molecule has 0 radical (unpaired) electrons. The summed E-state index contributed by atoms with van der Waals surface area (Å²) in [5.74, 6) is 0. The third-order valence-electron chi connectivity index (χ3n) is 7.29. The molecule has 0 aliphatic heterocycles. The maximum Gasteiger partial charge on any atom is 0.0523 e. The van der Waals surface area contributed by atoms with Gasteiger partial charge >= 0.3 is 0 Å². The minimum atomic E-state index is 0.0745. The molecule has 140 valence electrons. The lowest BCUT2D eigenvalue weighted by atomic mass is 9.62. The predicted molar refractivity (Wildman–Crippen MR) is 103 cm³/mol. The largest absolute Gasteiger partial charge is 0.380 e. The lowest BCUT2D eigenvalue weighted by molar-refractivity contribution is -0.0787. The lowest BCUT2D eigenvalue weighted by Gasteiger charge is -2.48. The summed E-state index contributed by atoms with van der Waals surface area (Å²) in [7, 11) is 0. The number of hydrogen-bond donors (Lipinski definition) is 2. The Morgan fingerprint density at radius 1 is 0.609 bits per heavy atom. The summed E-state index contributed by atoms with van der Waals surface area (Å²) in [5.41, 5.74) is 12.7. The van der Waals surface area contributed by atoms with E-state index in [4.69, 9.17) is 16.2 Å². The van der Waals surface area contributed by atoms with E-state index in [1.165, 1.54) is 0 Å². The van der Waals surface area contributed by atoms with Crippen LogP contribution in [0.1, 0.15) is 81.1 Å². The maximum atomic E-state index is 6.28. The molecule has 0 rings (SSSR count). The Morgan fingerprint density at radius 2 is 0.870 bits per heavy atom. The molecule has 0 aliphatic rings. The van der Waals surface area contributed by atoms with Crippen molar-refractivity contribution in [2.75, 3.05) is 26.3 Å². The van der Waals surface area contributed by atoms with E-state index in [9.17, 15) is 0 Å². The van der Waals surface area contributed by atoms with E-state index in [2.05, 4.69) is 55.4 Å². The molecule has 0 fully saturated rings. The average Bonchev–Trinajstić information content (AvgIpc) is 2.50. The second-order valence-corrected chi connectivity index (χ2v) is 8.64. The van der Waals surface area contributed by atoms with E-state index < -0.39 is 0 Å². The first-order valence-corrected chi connectivity index (χ1v) is 9.55. The zero-order chi connectivity index (χ0) is 18.4. The van der Waals surface area contributed by atoms with Crippen molar-refractivity contribution in [3.05, 3.63) is 0 Å². The van der Waals surface area contributed by atoms with Crippen LogP contribution in [0.4, 0.5) is 0 Å². The zero-order valence-electron chi connectivity index (χ0n) is 17.2. The van der Waals surface area contributed by atoms with Gasteiger partial charge in [0.25, 0.3) is 0 Å². The zero-order valence-corrected chi connectivity index (χ0v) is 17.2. The molecular formula is C20H44N2O. The van der Waals surface area contributed by atoms with Crippen molar-refractivity contribution >= 4 is 0 Å². The van der Waals surface area contributed by atoms with Crippen LogP contribution in [-0.2, 0) is 4.74 Å². The molecule has 3 nitrogen and oxygen atoms in total. The molecule has 0 aromatic rings. The number of ether oxygens (including phenoxy) is 1. The Labute approximate surface area is 145 Å². The van der Waals surface area contributed by atoms with Crippen molar-refractivity contribution in [3.63, 3.8) is 0 Å². The van der Waals surface area contributed by atoms with Gasteiger partial charge in [-0.3, -0.25) is 0 Å². The van der Waals surface area contributed by atoms with E-state index in [0.717, 1.165) is 52.0 Å². The van der Waals surface area contributed by atoms with Crippen molar-refractivity contribution in [1.82, 2.24) is 0 Å². The Balaban J connectivity index is 4.99. The first-order valence-electron chi connectivity index (χ1n) is 9.55. The molecule has 0 heterocycles. The van der Waals surface area contributed by atoms with Crippen molar-refractivity contribution in [2.45, 2.75) is 81.1 Å². The molecule has 0 saturated carbocycles. The van der Waals surface area contributed by atoms with Gasteiger partial charge in [0.05, 0.1) is 13.2 Å². The van der Waals surface area contributed by atoms with Crippen LogP contribution in [0.15, 0.2) is 0 Å². The Hall–Kier alpha value is -0.120. The second kappa shape index (κ2) is 8.82. The van der Waals surface area contributed by atoms with Gasteiger partial charge in [0, 0.05) is 0 Å². The van der Waals surface area contributed by atoms with Gasteiger partial charge in [-0.05, 0) is 60.4 Å². The van der Waals surface area contributed by atoms with E-state index in [1.54, 1.807) is 0 Å². The molecule has 0 atom stereocenters. The molecule has 23 heavy (non-hydrogen) atoms. The van der Waals surface area contributed by atoms with Crippen molar-refractivity contribution < 1.29 is 4.74 Å². The summed E-state index contributed by atoms with van der Waals surface area (Å²) in [4.78, 5) is 0. The molecule has 0 unspecified atom stereocenters. The lowest BCUT2D eigenvalue weighted by Crippen LogP contribution is -2.48. The quantitative estimate of drug-likeness (QED) is 0.551. The van der Waals surface area contributed by atoms with Gasteiger partial charge in [-0.1, -0.05) is 55.4 Å². The number of hydrogen-bond acceptors (Lipinski definition) is 3. The first kappa shape index (κ1) is 22.9. The van der Waals surface area contributed by atoms with Crippen LogP contribution >= 0.6 is 0 Å². The van der Waals surface area contributed by atoms with Crippen molar-refractivity contribution in [2.24, 2.45) is 33.1 Å². The summed E-state index contributed by atoms with van der Waals surface area (Å²) in [6.07, 6.45) is 4.37. The van der Waals surface area contributed by atoms with Gasteiger partial charge in [0.1, 0.15) is 0 Å². The Kier molecular flexibility index (Phi) is 8.78. The van der Waals surface area contributed by atoms with E-state index in [0.29, 0.717) is 0 Å². The van der Waals surface area contributed by atoms with Gasteiger partial charge in [0.15, 0.2) is 0 Å². The fraction of sp³-hybridized carbons (Fsp3) is 1.00. The second-order valence-electron chi connectivity index (χ2n) is 8.64. The normalized spacial score (nSPS) is 14.3. The van der Waals surface area contributed by atoms with Gasteiger partial charge < -0.3 is 16.2 Å². The number of nitrogens with two attached hydrogens (primary N) is 2. The fourth-order valence-corrected chi connectivity index (χ4v) is 4.41. The highest BCUT2D eigenvalue weighted by Gasteiger charge is 2.44. The van der Waals surface area contributed by atoms with Crippen LogP contribution < -0.4 is 11.5 Å². The van der Waals surface area contributed by atoms with Crippen molar-refractivity contribution in [3.8, 4) is 0 Å². The predicted octanol–water partition coefficient (Wildman–Crippen LogP) is 4.59. The monoisotopic (exact) mass is 328 g/mol. The van der Waals surface area contributed by atoms with Gasteiger partial charge in [-0.25, -0.2) is 0 Å². The average molecular weight is 329 g/mol. The molecule has 0 amide bonds. The van der Waals surface area contributed by atoms with E-state index >= 15 is 0 Å². The Morgan fingerprint density at radius 3 is 1.04 bits per heavy atom. The molecule has 0 spiro atoms. The standard InChI is InChI=1S/C20H44N2O/c1-9-19(10-2,13-21)17(5,6)15-23-16-18(7,8)20(11-3,12-4)14-22/h9-16,21-22H2,1-8H3. The van der Waals surface area contributed by atoms with Crippen LogP contribution in [0, 0.1) is 21.7 Å². The van der Waals surface area contributed by atoms with Gasteiger partial charge in [0.2, 0.25) is 0 Å². The van der Waals surface area contributed by atoms with Crippen LogP contribution in [0.2, 0.25) is 0 Å². The van der Waals surface area contributed by atoms with Crippen molar-refractivity contribution in [1.29, 1.82) is 0 Å². The van der Waals surface area contributed by atoms with Crippen LogP contribution in [0.5, 0.6) is 0 Å². The highest BCUT2D eigenvalue weighted by molar-refractivity contribution is 4.94. The SMILES string of the molecule is CCC(CC)(CN)C(C)(C)COCC(C)(C)C(CC)(CC)CN. The van der Waals surface area contributed by atoms with E-state index in [1.807, 2.05) is 0 Å². The number of rotatable bonds is 12. The highest BCUT2D eigenvalue weighted by atomic mass is 16.5. The molecule has 0 bridgehead atoms. The smallest absolute Gasteiger partial charge is 0.0523 e. The third-order valence-corrected chi connectivity index (χ3v) is 7.29.